The molecule has 1 heterocycles. The molecular formula is C13H14F2N2O2. The standard InChI is InChI=1S/C13H14F2N2O2/c1-2-3-12-16-10-6-8(14)9(15)7-11(10)17(12)5-4-13(18)19/h6-7H,2-5H2,1H3,(H,18,19). The number of carboxylic acids is 1. The maximum atomic E-state index is 13.3. The van der Waals surface area contributed by atoms with Gasteiger partial charge in [0.15, 0.2) is 11.6 Å². The Morgan fingerprint density at radius 1 is 1.37 bits per heavy atom. The quantitative estimate of drug-likeness (QED) is 0.907. The molecule has 0 spiro atoms. The average molecular weight is 268 g/mol. The molecule has 0 bridgehead atoms. The minimum Gasteiger partial charge on any atom is -0.481 e. The zero-order valence-electron chi connectivity index (χ0n) is 10.5. The van der Waals surface area contributed by atoms with Crippen LogP contribution in [0.5, 0.6) is 0 Å². The van der Waals surface area contributed by atoms with Crippen LogP contribution in [0, 0.1) is 11.6 Å². The van der Waals surface area contributed by atoms with Crippen molar-refractivity contribution < 1.29 is 18.7 Å². The Balaban J connectivity index is 2.51. The topological polar surface area (TPSA) is 55.1 Å². The molecule has 0 saturated heterocycles. The number of imidazole rings is 1. The van der Waals surface area contributed by atoms with Gasteiger partial charge in [-0.3, -0.25) is 4.79 Å². The number of aryl methyl sites for hydroxylation is 2. The summed E-state index contributed by atoms with van der Waals surface area (Å²) in [6.45, 7) is 2.16. The van der Waals surface area contributed by atoms with Crippen molar-refractivity contribution in [1.29, 1.82) is 0 Å². The molecule has 4 nitrogen and oxygen atoms in total. The summed E-state index contributed by atoms with van der Waals surface area (Å²) in [4.78, 5) is 14.9. The number of carbonyl (C=O) groups is 1. The lowest BCUT2D eigenvalue weighted by molar-refractivity contribution is -0.137. The van der Waals surface area contributed by atoms with Crippen molar-refractivity contribution in [2.75, 3.05) is 0 Å². The molecule has 0 amide bonds. The summed E-state index contributed by atoms with van der Waals surface area (Å²) in [5.74, 6) is -2.18. The summed E-state index contributed by atoms with van der Waals surface area (Å²) in [7, 11) is 0. The van der Waals surface area contributed by atoms with Gasteiger partial charge < -0.3 is 9.67 Å². The lowest BCUT2D eigenvalue weighted by Gasteiger charge is -2.06. The van der Waals surface area contributed by atoms with Gasteiger partial charge in [-0.05, 0) is 6.42 Å². The number of rotatable bonds is 5. The fourth-order valence-corrected chi connectivity index (χ4v) is 2.04. The number of hydrogen-bond donors (Lipinski definition) is 1. The Bertz CT molecular complexity index is 623. The third-order valence-electron chi connectivity index (χ3n) is 2.89. The maximum absolute atomic E-state index is 13.3. The third kappa shape index (κ3) is 2.72. The van der Waals surface area contributed by atoms with Crippen LogP contribution in [-0.2, 0) is 17.8 Å². The zero-order valence-corrected chi connectivity index (χ0v) is 10.5. The predicted octanol–water partition coefficient (Wildman–Crippen LogP) is 2.74. The van der Waals surface area contributed by atoms with Crippen LogP contribution in [0.3, 0.4) is 0 Å². The molecule has 2 aromatic rings. The number of hydrogen-bond acceptors (Lipinski definition) is 2. The van der Waals surface area contributed by atoms with Crippen LogP contribution < -0.4 is 0 Å². The van der Waals surface area contributed by atoms with E-state index in [4.69, 9.17) is 5.11 Å². The summed E-state index contributed by atoms with van der Waals surface area (Å²) in [5, 5.41) is 8.74. The van der Waals surface area contributed by atoms with E-state index in [1.165, 1.54) is 0 Å². The van der Waals surface area contributed by atoms with Gasteiger partial charge in [-0.25, -0.2) is 13.8 Å². The van der Waals surface area contributed by atoms with Crippen LogP contribution in [0.4, 0.5) is 8.78 Å². The van der Waals surface area contributed by atoms with Crippen molar-refractivity contribution in [3.05, 3.63) is 29.6 Å². The van der Waals surface area contributed by atoms with E-state index in [2.05, 4.69) is 4.98 Å². The molecule has 6 heteroatoms. The molecule has 0 atom stereocenters. The van der Waals surface area contributed by atoms with Crippen LogP contribution in [0.25, 0.3) is 11.0 Å². The molecule has 0 unspecified atom stereocenters. The Labute approximate surface area is 108 Å². The molecule has 0 radical (unpaired) electrons. The Kier molecular flexibility index (Phi) is 3.78. The number of nitrogens with zero attached hydrogens (tertiary/aromatic N) is 2. The Morgan fingerprint density at radius 2 is 2.05 bits per heavy atom. The van der Waals surface area contributed by atoms with Crippen molar-refractivity contribution in [3.63, 3.8) is 0 Å². The van der Waals surface area contributed by atoms with Crippen LogP contribution >= 0.6 is 0 Å². The van der Waals surface area contributed by atoms with Crippen molar-refractivity contribution >= 4 is 17.0 Å². The molecule has 1 N–H and O–H groups in total. The van der Waals surface area contributed by atoms with Crippen molar-refractivity contribution in [2.45, 2.75) is 32.7 Å². The van der Waals surface area contributed by atoms with Gasteiger partial charge in [-0.2, -0.15) is 0 Å². The first kappa shape index (κ1) is 13.5. The van der Waals surface area contributed by atoms with E-state index < -0.39 is 17.6 Å². The van der Waals surface area contributed by atoms with Crippen molar-refractivity contribution in [1.82, 2.24) is 9.55 Å². The smallest absolute Gasteiger partial charge is 0.305 e. The van der Waals surface area contributed by atoms with E-state index in [0.717, 1.165) is 18.6 Å². The van der Waals surface area contributed by atoms with Gasteiger partial charge in [0.2, 0.25) is 0 Å². The first-order valence-corrected chi connectivity index (χ1v) is 6.09. The molecule has 2 rings (SSSR count). The van der Waals surface area contributed by atoms with E-state index in [1.54, 1.807) is 4.57 Å². The fraction of sp³-hybridized carbons (Fsp3) is 0.385. The summed E-state index contributed by atoms with van der Waals surface area (Å²) in [6.07, 6.45) is 1.38. The molecule has 1 aromatic carbocycles. The second-order valence-electron chi connectivity index (χ2n) is 4.33. The van der Waals surface area contributed by atoms with Gasteiger partial charge in [-0.15, -0.1) is 0 Å². The van der Waals surface area contributed by atoms with Crippen LogP contribution in [0.2, 0.25) is 0 Å². The number of aromatic nitrogens is 2. The first-order chi connectivity index (χ1) is 9.02. The Morgan fingerprint density at radius 3 is 2.68 bits per heavy atom. The number of halogens is 2. The SMILES string of the molecule is CCCc1nc2cc(F)c(F)cc2n1CCC(=O)O. The fourth-order valence-electron chi connectivity index (χ4n) is 2.04. The summed E-state index contributed by atoms with van der Waals surface area (Å²) in [6, 6.07) is 2.11. The van der Waals surface area contributed by atoms with Crippen LogP contribution in [0.15, 0.2) is 12.1 Å². The van der Waals surface area contributed by atoms with Gasteiger partial charge in [-0.1, -0.05) is 6.92 Å². The van der Waals surface area contributed by atoms with Gasteiger partial charge in [0.1, 0.15) is 5.82 Å². The monoisotopic (exact) mass is 268 g/mol. The number of benzene rings is 1. The maximum Gasteiger partial charge on any atom is 0.305 e. The molecule has 0 aliphatic carbocycles. The van der Waals surface area contributed by atoms with Gasteiger partial charge in [0.05, 0.1) is 17.5 Å². The summed E-state index contributed by atoms with van der Waals surface area (Å²) < 4.78 is 28.1. The molecule has 0 aliphatic heterocycles. The molecule has 0 aliphatic rings. The van der Waals surface area contributed by atoms with Crippen molar-refractivity contribution in [3.8, 4) is 0 Å². The molecule has 102 valence electrons. The highest BCUT2D eigenvalue weighted by atomic mass is 19.2. The van der Waals surface area contributed by atoms with Crippen LogP contribution in [-0.4, -0.2) is 20.6 Å². The first-order valence-electron chi connectivity index (χ1n) is 6.09. The lowest BCUT2D eigenvalue weighted by Crippen LogP contribution is -2.08. The van der Waals surface area contributed by atoms with Gasteiger partial charge in [0.25, 0.3) is 0 Å². The van der Waals surface area contributed by atoms with Crippen molar-refractivity contribution in [2.24, 2.45) is 0 Å². The van der Waals surface area contributed by atoms with E-state index in [-0.39, 0.29) is 13.0 Å². The molecule has 1 aromatic heterocycles. The second kappa shape index (κ2) is 5.34. The Hall–Kier alpha value is -1.98. The number of fused-ring (bicyclic) bond motifs is 1. The van der Waals surface area contributed by atoms with Gasteiger partial charge >= 0.3 is 5.97 Å². The number of carboxylic acid groups (broad SMARTS) is 1. The third-order valence-corrected chi connectivity index (χ3v) is 2.89. The highest BCUT2D eigenvalue weighted by Crippen LogP contribution is 2.21. The lowest BCUT2D eigenvalue weighted by atomic mass is 10.3. The van der Waals surface area contributed by atoms with E-state index in [1.807, 2.05) is 6.92 Å². The average Bonchev–Trinajstić information content (AvgIpc) is 2.65. The molecule has 0 fully saturated rings. The second-order valence-corrected chi connectivity index (χ2v) is 4.33. The minimum absolute atomic E-state index is 0.0822. The molecule has 19 heavy (non-hydrogen) atoms. The van der Waals surface area contributed by atoms with E-state index in [0.29, 0.717) is 23.3 Å². The number of aliphatic carboxylic acids is 1. The molecule has 0 saturated carbocycles. The van der Waals surface area contributed by atoms with Gasteiger partial charge in [0, 0.05) is 25.1 Å². The molecular weight excluding hydrogens is 254 g/mol. The summed E-state index contributed by atoms with van der Waals surface area (Å²) >= 11 is 0. The summed E-state index contributed by atoms with van der Waals surface area (Å²) in [5.41, 5.74) is 0.788. The van der Waals surface area contributed by atoms with Crippen LogP contribution in [0.1, 0.15) is 25.6 Å². The highest BCUT2D eigenvalue weighted by Gasteiger charge is 2.14. The highest BCUT2D eigenvalue weighted by molar-refractivity contribution is 5.76. The normalized spacial score (nSPS) is 11.1. The largest absolute Gasteiger partial charge is 0.481 e. The predicted molar refractivity (Wildman–Crippen MR) is 65.9 cm³/mol. The van der Waals surface area contributed by atoms with E-state index in [9.17, 15) is 13.6 Å². The zero-order chi connectivity index (χ0) is 14.0. The van der Waals surface area contributed by atoms with E-state index >= 15 is 0 Å². The minimum atomic E-state index is -0.952.